The number of Topliss-reactive ketones (excluding diaryl/α,β-unsaturated/α-hetero) is 1. The van der Waals surface area contributed by atoms with Crippen LogP contribution in [0.15, 0.2) is 24.3 Å². The predicted octanol–water partition coefficient (Wildman–Crippen LogP) is 4.51. The number of benzene rings is 1. The highest BCUT2D eigenvalue weighted by molar-refractivity contribution is 14.1. The summed E-state index contributed by atoms with van der Waals surface area (Å²) in [6, 6.07) is 7.50. The Labute approximate surface area is 438 Å². The maximum atomic E-state index is 13.4. The molecule has 19 heteroatoms. The molecule has 1 aliphatic heterocycles. The van der Waals surface area contributed by atoms with E-state index in [1.807, 2.05) is 81.9 Å². The molecule has 2 amide bonds. The summed E-state index contributed by atoms with van der Waals surface area (Å²) in [5, 5.41) is 5.94. The summed E-state index contributed by atoms with van der Waals surface area (Å²) in [5.74, 6) is -2.64. The van der Waals surface area contributed by atoms with Crippen LogP contribution in [-0.2, 0) is 58.9 Å². The van der Waals surface area contributed by atoms with Crippen LogP contribution in [-0.4, -0.2) is 183 Å². The van der Waals surface area contributed by atoms with Gasteiger partial charge in [0.2, 0.25) is 11.8 Å². The number of carbonyl (C=O) groups is 7. The molecule has 1 heterocycles. The van der Waals surface area contributed by atoms with Gasteiger partial charge in [0.05, 0.1) is 45.2 Å². The molecule has 1 aromatic carbocycles. The maximum Gasteiger partial charge on any atom is 0.320 e. The van der Waals surface area contributed by atoms with Crippen molar-refractivity contribution in [1.82, 2.24) is 30.2 Å². The highest BCUT2D eigenvalue weighted by Gasteiger charge is 2.28. The predicted molar refractivity (Wildman–Crippen MR) is 282 cm³/mol. The second-order valence-electron chi connectivity index (χ2n) is 21.5. The third kappa shape index (κ3) is 31.4. The lowest BCUT2D eigenvalue weighted by molar-refractivity contribution is -0.158. The van der Waals surface area contributed by atoms with Crippen molar-refractivity contribution >= 4 is 64.1 Å². The highest BCUT2D eigenvalue weighted by Crippen LogP contribution is 2.18. The second kappa shape index (κ2) is 32.4. The zero-order valence-corrected chi connectivity index (χ0v) is 46.8. The minimum absolute atomic E-state index is 0.00687. The van der Waals surface area contributed by atoms with Gasteiger partial charge in [0.15, 0.2) is 0 Å². The van der Waals surface area contributed by atoms with E-state index in [-0.39, 0.29) is 68.1 Å². The van der Waals surface area contributed by atoms with E-state index in [1.165, 1.54) is 16.2 Å². The zero-order chi connectivity index (χ0) is 53.2. The van der Waals surface area contributed by atoms with Crippen LogP contribution in [0.5, 0.6) is 0 Å². The summed E-state index contributed by atoms with van der Waals surface area (Å²) < 4.78 is 23.1. The molecule has 1 aromatic rings. The summed E-state index contributed by atoms with van der Waals surface area (Å²) in [6.45, 7) is 20.8. The Morgan fingerprint density at radius 2 is 0.972 bits per heavy atom. The molecular weight excluding hydrogens is 1030 g/mol. The van der Waals surface area contributed by atoms with Crippen LogP contribution in [0.1, 0.15) is 126 Å². The van der Waals surface area contributed by atoms with Crippen LogP contribution in [0, 0.1) is 9.49 Å². The van der Waals surface area contributed by atoms with Gasteiger partial charge in [-0.2, -0.15) is 0 Å². The molecule has 1 saturated heterocycles. The van der Waals surface area contributed by atoms with Gasteiger partial charge in [-0.3, -0.25) is 53.2 Å². The first-order valence-electron chi connectivity index (χ1n) is 25.4. The molecule has 0 spiro atoms. The summed E-state index contributed by atoms with van der Waals surface area (Å²) in [5.41, 5.74) is 5.49. The number of esters is 4. The third-order valence-corrected chi connectivity index (χ3v) is 12.1. The Kier molecular flexibility index (Phi) is 28.9. The van der Waals surface area contributed by atoms with E-state index in [1.54, 1.807) is 0 Å². The van der Waals surface area contributed by atoms with Crippen LogP contribution in [0.4, 0.5) is 0 Å². The number of nitrogens with two attached hydrogens (primary N) is 1. The number of nitrogens with one attached hydrogen (secondary N) is 2. The van der Waals surface area contributed by atoms with E-state index >= 15 is 0 Å². The molecule has 18 nitrogen and oxygen atoms in total. The number of hydrogen-bond acceptors (Lipinski definition) is 16. The number of carbonyl (C=O) groups excluding carboxylic acids is 7. The number of amides is 2. The monoisotopic (exact) mass is 1110 g/mol. The van der Waals surface area contributed by atoms with Gasteiger partial charge in [0.25, 0.3) is 0 Å². The molecule has 2 atom stereocenters. The molecule has 404 valence electrons. The molecule has 71 heavy (non-hydrogen) atoms. The van der Waals surface area contributed by atoms with Crippen molar-refractivity contribution in [3.8, 4) is 0 Å². The number of rotatable bonds is 26. The topological polar surface area (TPSA) is 219 Å². The number of ketones is 1. The molecule has 1 fully saturated rings. The summed E-state index contributed by atoms with van der Waals surface area (Å²) in [7, 11) is 1.30. The van der Waals surface area contributed by atoms with Gasteiger partial charge in [0, 0.05) is 81.9 Å². The molecule has 0 bridgehead atoms. The van der Waals surface area contributed by atoms with E-state index in [0.29, 0.717) is 110 Å². The standard InChI is InChI=1S/C52H88IN7O11/c1-50(2,3)69-46(64)36-58-28-26-57(27-29-59(37-47(65)70-51(4,5)6)31-33-60(32-30-58)38-48(66)71-52(7,8)9)35-45(63)56-25-14-12-18-42(54)43(61)34-40(49(67)68-10)17-11-13-24-55-44(62)19-15-16-39-20-22-41(53)23-21-39/h20-23,40,42H,11-19,24-38,54H2,1-10H3,(H,55,62)(H,56,63). The van der Waals surface area contributed by atoms with Crippen LogP contribution >= 0.6 is 22.6 Å². The van der Waals surface area contributed by atoms with Crippen molar-refractivity contribution in [2.75, 3.05) is 98.7 Å². The number of nitrogens with zero attached hydrogens (tertiary/aromatic N) is 4. The second-order valence-corrected chi connectivity index (χ2v) is 22.8. The molecular formula is C52H88IN7O11. The Morgan fingerprint density at radius 1 is 0.577 bits per heavy atom. The van der Waals surface area contributed by atoms with Crippen LogP contribution < -0.4 is 16.4 Å². The summed E-state index contributed by atoms with van der Waals surface area (Å²) >= 11 is 2.27. The number of aryl methyl sites for hydroxylation is 1. The number of unbranched alkanes of at least 4 members (excludes halogenated alkanes) is 2. The van der Waals surface area contributed by atoms with Crippen molar-refractivity contribution in [2.45, 2.75) is 149 Å². The first-order chi connectivity index (χ1) is 33.2. The molecule has 0 aliphatic carbocycles. The van der Waals surface area contributed by atoms with Gasteiger partial charge < -0.3 is 35.3 Å². The fourth-order valence-electron chi connectivity index (χ4n) is 7.82. The van der Waals surface area contributed by atoms with E-state index in [9.17, 15) is 33.6 Å². The first kappa shape index (κ1) is 63.4. The smallest absolute Gasteiger partial charge is 0.320 e. The van der Waals surface area contributed by atoms with Crippen LogP contribution in [0.2, 0.25) is 0 Å². The minimum Gasteiger partial charge on any atom is -0.469 e. The fraction of sp³-hybridized carbons (Fsp3) is 0.750. The fourth-order valence-corrected chi connectivity index (χ4v) is 8.18. The lowest BCUT2D eigenvalue weighted by Crippen LogP contribution is -2.50. The number of ether oxygens (including phenoxy) is 4. The maximum absolute atomic E-state index is 13.4. The first-order valence-corrected chi connectivity index (χ1v) is 26.5. The largest absolute Gasteiger partial charge is 0.469 e. The average molecular weight is 1110 g/mol. The van der Waals surface area contributed by atoms with E-state index < -0.39 is 34.7 Å². The van der Waals surface area contributed by atoms with E-state index in [0.717, 1.165) is 12.8 Å². The van der Waals surface area contributed by atoms with Crippen molar-refractivity contribution in [2.24, 2.45) is 11.7 Å². The lowest BCUT2D eigenvalue weighted by Gasteiger charge is -2.34. The third-order valence-electron chi connectivity index (χ3n) is 11.4. The SMILES string of the molecule is COC(=O)C(CCCCNC(=O)CCCc1ccc(I)cc1)CC(=O)C(N)CCCCNC(=O)CN1CCN(CC(=O)OC(C)(C)C)CCN(CC(=O)OC(C)(C)C)CCN(CC(=O)OC(C)(C)C)CC1. The van der Waals surface area contributed by atoms with Crippen molar-refractivity contribution in [1.29, 1.82) is 0 Å². The number of methoxy groups -OCH3 is 1. The summed E-state index contributed by atoms with van der Waals surface area (Å²) in [4.78, 5) is 98.5. The van der Waals surface area contributed by atoms with Gasteiger partial charge in [-0.25, -0.2) is 0 Å². The Morgan fingerprint density at radius 3 is 1.38 bits per heavy atom. The minimum atomic E-state index is -0.768. The van der Waals surface area contributed by atoms with Crippen LogP contribution in [0.25, 0.3) is 0 Å². The average Bonchev–Trinajstić information content (AvgIpc) is 3.24. The lowest BCUT2D eigenvalue weighted by atomic mass is 9.92. The molecule has 0 aromatic heterocycles. The van der Waals surface area contributed by atoms with Gasteiger partial charge in [-0.1, -0.05) is 18.6 Å². The molecule has 4 N–H and O–H groups in total. The number of halogens is 1. The Hall–Kier alpha value is -3.76. The Bertz CT molecular complexity index is 1770. The van der Waals surface area contributed by atoms with Gasteiger partial charge >= 0.3 is 23.9 Å². The van der Waals surface area contributed by atoms with E-state index in [4.69, 9.17) is 24.7 Å². The molecule has 1 aliphatic rings. The Balaban J connectivity index is 1.95. The quantitative estimate of drug-likeness (QED) is 0.0503. The van der Waals surface area contributed by atoms with E-state index in [2.05, 4.69) is 57.5 Å². The molecule has 2 rings (SSSR count). The highest BCUT2D eigenvalue weighted by atomic mass is 127. The van der Waals surface area contributed by atoms with Crippen molar-refractivity contribution in [3.05, 3.63) is 33.4 Å². The molecule has 0 saturated carbocycles. The van der Waals surface area contributed by atoms with Gasteiger partial charge in [0.1, 0.15) is 22.6 Å². The number of hydrogen-bond donors (Lipinski definition) is 3. The van der Waals surface area contributed by atoms with Crippen LogP contribution in [0.3, 0.4) is 0 Å². The molecule has 0 radical (unpaired) electrons. The van der Waals surface area contributed by atoms with Gasteiger partial charge in [-0.05, 0) is 148 Å². The summed E-state index contributed by atoms with van der Waals surface area (Å²) in [6.07, 6.45) is 5.29. The molecule has 2 unspecified atom stereocenters. The van der Waals surface area contributed by atoms with Crippen molar-refractivity contribution < 1.29 is 52.5 Å². The van der Waals surface area contributed by atoms with Crippen molar-refractivity contribution in [3.63, 3.8) is 0 Å². The van der Waals surface area contributed by atoms with Gasteiger partial charge in [-0.15, -0.1) is 0 Å². The normalized spacial score (nSPS) is 16.1. The zero-order valence-electron chi connectivity index (χ0n) is 44.7.